The largest absolute Gasteiger partial charge is 0.361 e. The number of aryl methyl sites for hydroxylation is 1. The molecule has 1 aromatic rings. The molecular formula is C12H22N2. The van der Waals surface area contributed by atoms with Gasteiger partial charge < -0.3 is 10.3 Å². The van der Waals surface area contributed by atoms with Crippen molar-refractivity contribution in [1.29, 1.82) is 0 Å². The molecule has 14 heavy (non-hydrogen) atoms. The molecule has 0 aliphatic rings. The lowest BCUT2D eigenvalue weighted by atomic mass is 10.2. The van der Waals surface area contributed by atoms with Crippen LogP contribution in [-0.4, -0.2) is 11.5 Å². The predicted octanol–water partition coefficient (Wildman–Crippen LogP) is 2.71. The van der Waals surface area contributed by atoms with Gasteiger partial charge >= 0.3 is 0 Å². The summed E-state index contributed by atoms with van der Waals surface area (Å²) in [5, 5.41) is 3.43. The van der Waals surface area contributed by atoms with Gasteiger partial charge in [0.1, 0.15) is 0 Å². The van der Waals surface area contributed by atoms with Crippen LogP contribution >= 0.6 is 0 Å². The molecule has 0 bridgehead atoms. The molecule has 0 radical (unpaired) electrons. The summed E-state index contributed by atoms with van der Waals surface area (Å²) in [5.41, 5.74) is 2.66. The Balaban J connectivity index is 2.28. The van der Waals surface area contributed by atoms with E-state index >= 15 is 0 Å². The van der Waals surface area contributed by atoms with Gasteiger partial charge in [0.25, 0.3) is 0 Å². The van der Waals surface area contributed by atoms with Crippen molar-refractivity contribution in [3.63, 3.8) is 0 Å². The number of hydrogen-bond acceptors (Lipinski definition) is 1. The van der Waals surface area contributed by atoms with Crippen LogP contribution in [0.2, 0.25) is 0 Å². The van der Waals surface area contributed by atoms with Gasteiger partial charge in [0, 0.05) is 17.9 Å². The van der Waals surface area contributed by atoms with Crippen LogP contribution in [0.1, 0.15) is 38.6 Å². The van der Waals surface area contributed by atoms with Crippen LogP contribution in [0, 0.1) is 5.92 Å². The van der Waals surface area contributed by atoms with Crippen molar-refractivity contribution in [2.24, 2.45) is 5.92 Å². The van der Waals surface area contributed by atoms with Crippen LogP contribution < -0.4 is 5.32 Å². The molecule has 1 aromatic heterocycles. The summed E-state index contributed by atoms with van der Waals surface area (Å²) < 4.78 is 0. The maximum atomic E-state index is 3.43. The van der Waals surface area contributed by atoms with E-state index in [1.54, 1.807) is 0 Å². The third kappa shape index (κ3) is 3.97. The Morgan fingerprint density at radius 3 is 2.64 bits per heavy atom. The van der Waals surface area contributed by atoms with E-state index in [2.05, 4.69) is 43.2 Å². The summed E-state index contributed by atoms with van der Waals surface area (Å²) >= 11 is 0. The number of aromatic amines is 1. The second-order valence-electron chi connectivity index (χ2n) is 4.28. The fourth-order valence-corrected chi connectivity index (χ4v) is 1.50. The van der Waals surface area contributed by atoms with Gasteiger partial charge in [-0.25, -0.2) is 0 Å². The first kappa shape index (κ1) is 11.3. The molecule has 0 spiro atoms. The highest BCUT2D eigenvalue weighted by Gasteiger charge is 1.98. The highest BCUT2D eigenvalue weighted by atomic mass is 14.9. The van der Waals surface area contributed by atoms with Gasteiger partial charge in [-0.2, -0.15) is 0 Å². The van der Waals surface area contributed by atoms with Gasteiger partial charge in [0.05, 0.1) is 0 Å². The lowest BCUT2D eigenvalue weighted by Crippen LogP contribution is -2.19. The molecular weight excluding hydrogens is 172 g/mol. The normalized spacial score (nSPS) is 11.1. The smallest absolute Gasteiger partial charge is 0.0357 e. The zero-order valence-corrected chi connectivity index (χ0v) is 9.56. The van der Waals surface area contributed by atoms with E-state index in [-0.39, 0.29) is 0 Å². The Morgan fingerprint density at radius 1 is 1.29 bits per heavy atom. The first-order chi connectivity index (χ1) is 6.72. The van der Waals surface area contributed by atoms with E-state index in [9.17, 15) is 0 Å². The average Bonchev–Trinajstić information content (AvgIpc) is 2.53. The second-order valence-corrected chi connectivity index (χ2v) is 4.28. The van der Waals surface area contributed by atoms with Crippen LogP contribution in [0.5, 0.6) is 0 Å². The molecule has 0 unspecified atom stereocenters. The third-order valence-electron chi connectivity index (χ3n) is 2.19. The number of hydrogen-bond donors (Lipinski definition) is 2. The SMILES string of the molecule is CCCc1ccc(CNCC(C)C)[nH]1. The highest BCUT2D eigenvalue weighted by molar-refractivity contribution is 5.12. The van der Waals surface area contributed by atoms with E-state index in [1.807, 2.05) is 0 Å². The number of nitrogens with one attached hydrogen (secondary N) is 2. The summed E-state index contributed by atoms with van der Waals surface area (Å²) in [4.78, 5) is 3.43. The fourth-order valence-electron chi connectivity index (χ4n) is 1.50. The molecule has 2 heteroatoms. The number of aromatic nitrogens is 1. The van der Waals surface area contributed by atoms with Gasteiger partial charge in [-0.05, 0) is 31.0 Å². The van der Waals surface area contributed by atoms with E-state index < -0.39 is 0 Å². The molecule has 80 valence electrons. The number of H-pyrrole nitrogens is 1. The minimum atomic E-state index is 0.722. The van der Waals surface area contributed by atoms with Crippen molar-refractivity contribution in [2.75, 3.05) is 6.54 Å². The van der Waals surface area contributed by atoms with E-state index in [0.29, 0.717) is 0 Å². The van der Waals surface area contributed by atoms with Crippen molar-refractivity contribution >= 4 is 0 Å². The topological polar surface area (TPSA) is 27.8 Å². The quantitative estimate of drug-likeness (QED) is 0.716. The number of rotatable bonds is 6. The standard InChI is InChI=1S/C12H22N2/c1-4-5-11-6-7-12(14-11)9-13-8-10(2)3/h6-7,10,13-14H,4-5,8-9H2,1-3H3. The Labute approximate surface area is 87.1 Å². The monoisotopic (exact) mass is 194 g/mol. The van der Waals surface area contributed by atoms with Crippen molar-refractivity contribution < 1.29 is 0 Å². The summed E-state index contributed by atoms with van der Waals surface area (Å²) in [7, 11) is 0. The maximum Gasteiger partial charge on any atom is 0.0357 e. The van der Waals surface area contributed by atoms with Gasteiger partial charge in [-0.15, -0.1) is 0 Å². The minimum absolute atomic E-state index is 0.722. The lowest BCUT2D eigenvalue weighted by molar-refractivity contribution is 0.548. The fraction of sp³-hybridized carbons (Fsp3) is 0.667. The van der Waals surface area contributed by atoms with Gasteiger partial charge in [-0.3, -0.25) is 0 Å². The molecule has 2 nitrogen and oxygen atoms in total. The van der Waals surface area contributed by atoms with Crippen molar-refractivity contribution in [1.82, 2.24) is 10.3 Å². The second kappa shape index (κ2) is 5.86. The van der Waals surface area contributed by atoms with Gasteiger partial charge in [0.15, 0.2) is 0 Å². The Hall–Kier alpha value is -0.760. The maximum absolute atomic E-state index is 3.43. The first-order valence-corrected chi connectivity index (χ1v) is 5.59. The molecule has 0 saturated heterocycles. The molecule has 1 heterocycles. The summed E-state index contributed by atoms with van der Waals surface area (Å²) in [6.45, 7) is 8.70. The van der Waals surface area contributed by atoms with E-state index in [4.69, 9.17) is 0 Å². The predicted molar refractivity (Wildman–Crippen MR) is 61.3 cm³/mol. The Bertz CT molecular complexity index is 251. The van der Waals surface area contributed by atoms with Crippen molar-refractivity contribution in [2.45, 2.75) is 40.2 Å². The summed E-state index contributed by atoms with van der Waals surface area (Å²) in [6, 6.07) is 4.37. The summed E-state index contributed by atoms with van der Waals surface area (Å²) in [6.07, 6.45) is 2.36. The molecule has 0 aliphatic carbocycles. The molecule has 0 aromatic carbocycles. The van der Waals surface area contributed by atoms with Gasteiger partial charge in [-0.1, -0.05) is 27.2 Å². The molecule has 2 N–H and O–H groups in total. The molecule has 0 fully saturated rings. The Morgan fingerprint density at radius 2 is 2.00 bits per heavy atom. The molecule has 0 saturated carbocycles. The van der Waals surface area contributed by atoms with E-state index in [1.165, 1.54) is 17.8 Å². The van der Waals surface area contributed by atoms with Crippen LogP contribution in [0.25, 0.3) is 0 Å². The zero-order chi connectivity index (χ0) is 10.4. The van der Waals surface area contributed by atoms with Gasteiger partial charge in [0.2, 0.25) is 0 Å². The lowest BCUT2D eigenvalue weighted by Gasteiger charge is -2.05. The minimum Gasteiger partial charge on any atom is -0.361 e. The first-order valence-electron chi connectivity index (χ1n) is 5.59. The molecule has 0 aliphatic heterocycles. The van der Waals surface area contributed by atoms with Crippen molar-refractivity contribution in [3.05, 3.63) is 23.5 Å². The molecule has 0 amide bonds. The van der Waals surface area contributed by atoms with Crippen LogP contribution in [0.15, 0.2) is 12.1 Å². The third-order valence-corrected chi connectivity index (χ3v) is 2.19. The van der Waals surface area contributed by atoms with E-state index in [0.717, 1.165) is 25.4 Å². The zero-order valence-electron chi connectivity index (χ0n) is 9.56. The Kier molecular flexibility index (Phi) is 4.74. The molecule has 0 atom stereocenters. The highest BCUT2D eigenvalue weighted by Crippen LogP contribution is 2.04. The van der Waals surface area contributed by atoms with Crippen LogP contribution in [-0.2, 0) is 13.0 Å². The van der Waals surface area contributed by atoms with Crippen LogP contribution in [0.4, 0.5) is 0 Å². The van der Waals surface area contributed by atoms with Crippen molar-refractivity contribution in [3.8, 4) is 0 Å². The summed E-state index contributed by atoms with van der Waals surface area (Å²) in [5.74, 6) is 0.722. The average molecular weight is 194 g/mol. The van der Waals surface area contributed by atoms with Crippen LogP contribution in [0.3, 0.4) is 0 Å². The molecule has 1 rings (SSSR count).